The minimum Gasteiger partial charge on any atom is -0.465 e. The molecule has 0 fully saturated rings. The van der Waals surface area contributed by atoms with Crippen LogP contribution >= 0.6 is 0 Å². The van der Waals surface area contributed by atoms with Gasteiger partial charge in [-0.2, -0.15) is 0 Å². The molecule has 0 aliphatic carbocycles. The number of rotatable bonds is 10. The predicted octanol–water partition coefficient (Wildman–Crippen LogP) is 1.06. The fraction of sp³-hybridized carbons (Fsp3) is 0.706. The zero-order valence-electron chi connectivity index (χ0n) is 15.4. The smallest absolute Gasteiger partial charge is 0.384 e. The van der Waals surface area contributed by atoms with E-state index in [2.05, 4.69) is 11.8 Å². The first-order valence-corrected chi connectivity index (χ1v) is 7.97. The van der Waals surface area contributed by atoms with Gasteiger partial charge in [0.1, 0.15) is 0 Å². The summed E-state index contributed by atoms with van der Waals surface area (Å²) < 4.78 is 25.0. The maximum Gasteiger partial charge on any atom is 0.384 e. The first-order chi connectivity index (χ1) is 11.9. The van der Waals surface area contributed by atoms with Gasteiger partial charge in [-0.1, -0.05) is 5.92 Å². The number of carbonyl (C=O) groups is 3. The zero-order chi connectivity index (χ0) is 19.3. The molecule has 8 heteroatoms. The molecule has 0 aromatic carbocycles. The van der Waals surface area contributed by atoms with Gasteiger partial charge in [-0.3, -0.25) is 9.59 Å². The van der Waals surface area contributed by atoms with Crippen molar-refractivity contribution in [1.82, 2.24) is 0 Å². The van der Waals surface area contributed by atoms with Gasteiger partial charge in [0.05, 0.1) is 19.8 Å². The van der Waals surface area contributed by atoms with Gasteiger partial charge in [0.15, 0.2) is 11.7 Å². The third-order valence-corrected chi connectivity index (χ3v) is 3.23. The van der Waals surface area contributed by atoms with Crippen LogP contribution in [0.25, 0.3) is 0 Å². The van der Waals surface area contributed by atoms with E-state index < -0.39 is 29.6 Å². The van der Waals surface area contributed by atoms with Crippen molar-refractivity contribution < 1.29 is 38.1 Å². The Morgan fingerprint density at radius 2 is 1.36 bits per heavy atom. The Balaban J connectivity index is 5.76. The second-order valence-corrected chi connectivity index (χ2v) is 4.83. The van der Waals surface area contributed by atoms with E-state index in [1.54, 1.807) is 20.8 Å². The lowest BCUT2D eigenvalue weighted by atomic mass is 9.80. The van der Waals surface area contributed by atoms with Crippen LogP contribution in [-0.4, -0.2) is 58.2 Å². The molecule has 0 aliphatic rings. The summed E-state index contributed by atoms with van der Waals surface area (Å²) in [6.07, 6.45) is -1.33. The predicted molar refractivity (Wildman–Crippen MR) is 87.1 cm³/mol. The second-order valence-electron chi connectivity index (χ2n) is 4.83. The van der Waals surface area contributed by atoms with Gasteiger partial charge in [-0.15, -0.1) is 0 Å². The Bertz CT molecular complexity index is 481. The summed E-state index contributed by atoms with van der Waals surface area (Å²) in [6, 6.07) is 0. The van der Waals surface area contributed by atoms with Crippen LogP contribution in [0, 0.1) is 17.3 Å². The lowest BCUT2D eigenvalue weighted by molar-refractivity contribution is -0.184. The molecular weight excluding hydrogens is 332 g/mol. The summed E-state index contributed by atoms with van der Waals surface area (Å²) in [7, 11) is 2.75. The van der Waals surface area contributed by atoms with Crippen LogP contribution in [0.2, 0.25) is 0 Å². The van der Waals surface area contributed by atoms with E-state index in [4.69, 9.17) is 23.7 Å². The van der Waals surface area contributed by atoms with Crippen LogP contribution < -0.4 is 0 Å². The second kappa shape index (κ2) is 12.3. The van der Waals surface area contributed by atoms with Gasteiger partial charge in [-0.05, 0) is 20.8 Å². The van der Waals surface area contributed by atoms with Crippen molar-refractivity contribution in [3.63, 3.8) is 0 Å². The highest BCUT2D eigenvalue weighted by Gasteiger charge is 2.50. The number of carbonyl (C=O) groups excluding carboxylic acids is 3. The summed E-state index contributed by atoms with van der Waals surface area (Å²) in [6.45, 7) is 5.17. The summed E-state index contributed by atoms with van der Waals surface area (Å²) in [5, 5.41) is 0. The first-order valence-electron chi connectivity index (χ1n) is 7.97. The largest absolute Gasteiger partial charge is 0.465 e. The van der Waals surface area contributed by atoms with Gasteiger partial charge in [-0.25, -0.2) is 4.79 Å². The standard InChI is InChI=1S/C17H26O8/c1-6-23-13(18)10-9-11-17(15(19)24-7-2,16(20)25-8-3)12-14(21-4)22-5/h14H,6-8,11-12H2,1-5H3. The fourth-order valence-electron chi connectivity index (χ4n) is 1.99. The van der Waals surface area contributed by atoms with E-state index in [-0.39, 0.29) is 32.7 Å². The third-order valence-electron chi connectivity index (χ3n) is 3.23. The van der Waals surface area contributed by atoms with Crippen LogP contribution in [0.5, 0.6) is 0 Å². The lowest BCUT2D eigenvalue weighted by Crippen LogP contribution is -2.45. The average Bonchev–Trinajstić information content (AvgIpc) is 2.58. The molecule has 0 heterocycles. The molecule has 0 aliphatic heterocycles. The summed E-state index contributed by atoms with van der Waals surface area (Å²) in [5.41, 5.74) is -1.78. The molecule has 0 rings (SSSR count). The molecule has 0 bridgehead atoms. The Morgan fingerprint density at radius 1 is 0.880 bits per heavy atom. The van der Waals surface area contributed by atoms with E-state index >= 15 is 0 Å². The molecule has 0 saturated heterocycles. The zero-order valence-corrected chi connectivity index (χ0v) is 15.4. The quantitative estimate of drug-likeness (QED) is 0.143. The summed E-state index contributed by atoms with van der Waals surface area (Å²) in [5.74, 6) is 2.36. The van der Waals surface area contributed by atoms with Crippen LogP contribution in [0.15, 0.2) is 0 Å². The van der Waals surface area contributed by atoms with Crippen molar-refractivity contribution in [1.29, 1.82) is 0 Å². The third kappa shape index (κ3) is 7.11. The molecule has 25 heavy (non-hydrogen) atoms. The van der Waals surface area contributed by atoms with E-state index in [0.717, 1.165) is 0 Å². The van der Waals surface area contributed by atoms with Crippen molar-refractivity contribution in [2.45, 2.75) is 39.9 Å². The molecule has 0 N–H and O–H groups in total. The average molecular weight is 358 g/mol. The molecule has 0 spiro atoms. The molecule has 0 atom stereocenters. The van der Waals surface area contributed by atoms with Crippen LogP contribution in [-0.2, 0) is 38.1 Å². The number of methoxy groups -OCH3 is 2. The van der Waals surface area contributed by atoms with E-state index in [1.807, 2.05) is 0 Å². The Morgan fingerprint density at radius 3 is 1.76 bits per heavy atom. The number of esters is 3. The molecule has 0 radical (unpaired) electrons. The molecule has 0 aromatic heterocycles. The van der Waals surface area contributed by atoms with Crippen molar-refractivity contribution in [3.8, 4) is 11.8 Å². The van der Waals surface area contributed by atoms with Crippen LogP contribution in [0.4, 0.5) is 0 Å². The highest BCUT2D eigenvalue weighted by Crippen LogP contribution is 2.33. The van der Waals surface area contributed by atoms with Crippen LogP contribution in [0.1, 0.15) is 33.6 Å². The summed E-state index contributed by atoms with van der Waals surface area (Å²) in [4.78, 5) is 36.4. The Kier molecular flexibility index (Phi) is 11.2. The molecule has 0 unspecified atom stereocenters. The summed E-state index contributed by atoms with van der Waals surface area (Å²) >= 11 is 0. The highest BCUT2D eigenvalue weighted by molar-refractivity contribution is 6.00. The Labute approximate surface area is 148 Å². The topological polar surface area (TPSA) is 97.4 Å². The van der Waals surface area contributed by atoms with Crippen molar-refractivity contribution in [3.05, 3.63) is 0 Å². The molecule has 0 saturated carbocycles. The molecule has 8 nitrogen and oxygen atoms in total. The van der Waals surface area contributed by atoms with Crippen molar-refractivity contribution in [2.24, 2.45) is 5.41 Å². The minimum absolute atomic E-state index is 0.0654. The maximum absolute atomic E-state index is 12.5. The van der Waals surface area contributed by atoms with E-state index in [9.17, 15) is 14.4 Å². The maximum atomic E-state index is 12.5. The normalized spacial score (nSPS) is 10.6. The number of hydrogen-bond acceptors (Lipinski definition) is 8. The van der Waals surface area contributed by atoms with Gasteiger partial charge in [0.2, 0.25) is 0 Å². The lowest BCUT2D eigenvalue weighted by Gasteiger charge is -2.29. The molecule has 0 aromatic rings. The number of ether oxygens (including phenoxy) is 5. The highest BCUT2D eigenvalue weighted by atomic mass is 16.7. The number of hydrogen-bond donors (Lipinski definition) is 0. The van der Waals surface area contributed by atoms with E-state index in [0.29, 0.717) is 0 Å². The van der Waals surface area contributed by atoms with Gasteiger partial charge >= 0.3 is 17.9 Å². The van der Waals surface area contributed by atoms with Gasteiger partial charge in [0, 0.05) is 33.0 Å². The monoisotopic (exact) mass is 358 g/mol. The molecular formula is C17H26O8. The van der Waals surface area contributed by atoms with Gasteiger partial charge < -0.3 is 23.7 Å². The van der Waals surface area contributed by atoms with Crippen molar-refractivity contribution >= 4 is 17.9 Å². The molecule has 0 amide bonds. The molecule has 142 valence electrons. The SMILES string of the molecule is CCOC(=O)C#CCC(CC(OC)OC)(C(=O)OCC)C(=O)OCC. The van der Waals surface area contributed by atoms with Crippen LogP contribution in [0.3, 0.4) is 0 Å². The van der Waals surface area contributed by atoms with Crippen molar-refractivity contribution in [2.75, 3.05) is 34.0 Å². The van der Waals surface area contributed by atoms with Gasteiger partial charge in [0.25, 0.3) is 0 Å². The minimum atomic E-state index is -1.78. The first kappa shape index (κ1) is 22.9. The Hall–Kier alpha value is -2.11. The fourth-order valence-corrected chi connectivity index (χ4v) is 1.99. The van der Waals surface area contributed by atoms with E-state index in [1.165, 1.54) is 14.2 Å².